The average Bonchev–Trinajstić information content (AvgIpc) is 3.31. The normalized spacial score (nSPS) is 14.3. The quantitative estimate of drug-likeness (QED) is 0.554. The van der Waals surface area contributed by atoms with Gasteiger partial charge >= 0.3 is 0 Å². The van der Waals surface area contributed by atoms with E-state index in [1.54, 1.807) is 0 Å². The highest BCUT2D eigenvalue weighted by Crippen LogP contribution is 2.26. The van der Waals surface area contributed by atoms with E-state index in [0.717, 1.165) is 18.9 Å². The Morgan fingerprint density at radius 1 is 0.821 bits per heavy atom. The van der Waals surface area contributed by atoms with Crippen molar-refractivity contribution in [1.82, 2.24) is 10.3 Å². The van der Waals surface area contributed by atoms with Crippen LogP contribution in [0, 0.1) is 0 Å². The van der Waals surface area contributed by atoms with Crippen LogP contribution in [-0.2, 0) is 10.8 Å². The van der Waals surface area contributed by atoms with Gasteiger partial charge in [0, 0.05) is 28.7 Å². The zero-order valence-electron chi connectivity index (χ0n) is 18.1. The van der Waals surface area contributed by atoms with E-state index in [4.69, 9.17) is 0 Å². The molecular formula is C25H33N3. The van der Waals surface area contributed by atoms with Gasteiger partial charge in [0.15, 0.2) is 0 Å². The van der Waals surface area contributed by atoms with E-state index in [1.807, 2.05) is 0 Å². The Balaban J connectivity index is 0.000000192. The summed E-state index contributed by atoms with van der Waals surface area (Å²) in [5.41, 5.74) is 5.48. The summed E-state index contributed by atoms with van der Waals surface area (Å²) in [4.78, 5) is 7.98. The summed E-state index contributed by atoms with van der Waals surface area (Å²) in [6, 6.07) is 19.3. The zero-order valence-corrected chi connectivity index (χ0v) is 18.1. The molecule has 3 nitrogen and oxygen atoms in total. The van der Waals surface area contributed by atoms with Crippen LogP contribution in [0.15, 0.2) is 59.6 Å². The van der Waals surface area contributed by atoms with E-state index in [9.17, 15) is 0 Å². The number of aliphatic imine (C=N–C) groups is 1. The number of hydrogen-bond donors (Lipinski definition) is 2. The minimum Gasteiger partial charge on any atom is -0.368 e. The molecule has 2 heterocycles. The first kappa shape index (κ1) is 20.2. The molecule has 0 saturated carbocycles. The third kappa shape index (κ3) is 4.83. The number of nitrogens with one attached hydrogen (secondary N) is 2. The summed E-state index contributed by atoms with van der Waals surface area (Å²) in [6.45, 7) is 15.2. The molecular weight excluding hydrogens is 342 g/mol. The highest BCUT2D eigenvalue weighted by atomic mass is 15.1. The lowest BCUT2D eigenvalue weighted by atomic mass is 9.87. The molecule has 1 aliphatic heterocycles. The van der Waals surface area contributed by atoms with E-state index in [0.29, 0.717) is 5.41 Å². The van der Waals surface area contributed by atoms with Crippen molar-refractivity contribution in [3.8, 4) is 0 Å². The van der Waals surface area contributed by atoms with Crippen LogP contribution in [0.2, 0.25) is 0 Å². The maximum absolute atomic E-state index is 4.46. The topological polar surface area (TPSA) is 40.2 Å². The third-order valence-electron chi connectivity index (χ3n) is 5.02. The number of H-pyrrole nitrogens is 1. The van der Waals surface area contributed by atoms with Gasteiger partial charge in [-0.05, 0) is 28.5 Å². The Bertz CT molecular complexity index is 951. The fraction of sp³-hybridized carbons (Fsp3) is 0.400. The molecule has 0 spiro atoms. The summed E-state index contributed by atoms with van der Waals surface area (Å²) in [5.74, 6) is 1.02. The molecule has 148 valence electrons. The highest BCUT2D eigenvalue weighted by molar-refractivity contribution is 6.02. The van der Waals surface area contributed by atoms with Crippen molar-refractivity contribution in [2.75, 3.05) is 13.1 Å². The minimum absolute atomic E-state index is 0.155. The Labute approximate surface area is 169 Å². The SMILES string of the molecule is CC(C)(C)c1cc2ccc(C3=NCCN3)cc2[nH]1.CC(C)(C)c1ccccc1. The lowest BCUT2D eigenvalue weighted by molar-refractivity contribution is 0.574. The number of fused-ring (bicyclic) bond motifs is 1. The van der Waals surface area contributed by atoms with Gasteiger partial charge in [-0.1, -0.05) is 84.0 Å². The van der Waals surface area contributed by atoms with Gasteiger partial charge in [-0.15, -0.1) is 0 Å². The molecule has 0 unspecified atom stereocenters. The van der Waals surface area contributed by atoms with Crippen molar-refractivity contribution in [1.29, 1.82) is 0 Å². The second-order valence-corrected chi connectivity index (χ2v) is 9.51. The lowest BCUT2D eigenvalue weighted by Crippen LogP contribution is -2.19. The van der Waals surface area contributed by atoms with Crippen LogP contribution in [0.3, 0.4) is 0 Å². The maximum Gasteiger partial charge on any atom is 0.128 e. The van der Waals surface area contributed by atoms with Crippen molar-refractivity contribution in [2.45, 2.75) is 52.4 Å². The Morgan fingerprint density at radius 2 is 1.54 bits per heavy atom. The number of nitrogens with zero attached hydrogens (tertiary/aromatic N) is 1. The van der Waals surface area contributed by atoms with Gasteiger partial charge in [0.2, 0.25) is 0 Å². The highest BCUT2D eigenvalue weighted by Gasteiger charge is 2.17. The molecule has 0 atom stereocenters. The summed E-state index contributed by atoms with van der Waals surface area (Å²) >= 11 is 0. The van der Waals surface area contributed by atoms with Crippen LogP contribution < -0.4 is 5.32 Å². The van der Waals surface area contributed by atoms with E-state index < -0.39 is 0 Å². The first-order chi connectivity index (χ1) is 13.1. The summed E-state index contributed by atoms with van der Waals surface area (Å²) in [5, 5.41) is 4.58. The molecule has 2 aromatic carbocycles. The van der Waals surface area contributed by atoms with Crippen LogP contribution in [0.4, 0.5) is 0 Å². The number of hydrogen-bond acceptors (Lipinski definition) is 2. The molecule has 0 saturated heterocycles. The van der Waals surface area contributed by atoms with Crippen molar-refractivity contribution in [3.05, 3.63) is 71.4 Å². The smallest absolute Gasteiger partial charge is 0.128 e. The van der Waals surface area contributed by atoms with Gasteiger partial charge in [0.25, 0.3) is 0 Å². The van der Waals surface area contributed by atoms with E-state index >= 15 is 0 Å². The lowest BCUT2D eigenvalue weighted by Gasteiger charge is -2.18. The van der Waals surface area contributed by atoms with Gasteiger partial charge in [-0.2, -0.15) is 0 Å². The fourth-order valence-electron chi connectivity index (χ4n) is 3.21. The molecule has 4 rings (SSSR count). The van der Waals surface area contributed by atoms with Crippen LogP contribution in [0.1, 0.15) is 58.4 Å². The first-order valence-corrected chi connectivity index (χ1v) is 10.1. The molecule has 28 heavy (non-hydrogen) atoms. The number of aromatic nitrogens is 1. The fourth-order valence-corrected chi connectivity index (χ4v) is 3.21. The van der Waals surface area contributed by atoms with Crippen LogP contribution in [0.25, 0.3) is 10.9 Å². The first-order valence-electron chi connectivity index (χ1n) is 10.1. The van der Waals surface area contributed by atoms with E-state index in [2.05, 4.69) is 111 Å². The van der Waals surface area contributed by atoms with E-state index in [-0.39, 0.29) is 5.41 Å². The zero-order chi connectivity index (χ0) is 20.4. The van der Waals surface area contributed by atoms with Gasteiger partial charge in [-0.25, -0.2) is 0 Å². The molecule has 3 aromatic rings. The minimum atomic E-state index is 0.155. The molecule has 3 heteroatoms. The second kappa shape index (κ2) is 7.83. The second-order valence-electron chi connectivity index (χ2n) is 9.51. The number of rotatable bonds is 1. The van der Waals surface area contributed by atoms with E-state index in [1.165, 1.54) is 27.7 Å². The van der Waals surface area contributed by atoms with Crippen molar-refractivity contribution < 1.29 is 0 Å². The maximum atomic E-state index is 4.46. The van der Waals surface area contributed by atoms with Crippen molar-refractivity contribution in [2.24, 2.45) is 4.99 Å². The average molecular weight is 376 g/mol. The van der Waals surface area contributed by atoms with Gasteiger partial charge in [0.05, 0.1) is 6.54 Å². The van der Waals surface area contributed by atoms with Crippen LogP contribution in [-0.4, -0.2) is 23.9 Å². The van der Waals surface area contributed by atoms with Crippen molar-refractivity contribution in [3.63, 3.8) is 0 Å². The molecule has 1 aromatic heterocycles. The third-order valence-corrected chi connectivity index (χ3v) is 5.02. The van der Waals surface area contributed by atoms with Crippen molar-refractivity contribution >= 4 is 16.7 Å². The standard InChI is InChI=1S/C15H19N3.C10H14/c1-15(2,3)13-9-10-4-5-11(8-12(10)18-13)14-16-6-7-17-14;1-10(2,3)9-7-5-4-6-8-9/h4-5,8-9,18H,6-7H2,1-3H3,(H,16,17);4-8H,1-3H3. The van der Waals surface area contributed by atoms with Gasteiger partial charge in [-0.3, -0.25) is 4.99 Å². The van der Waals surface area contributed by atoms with Gasteiger partial charge < -0.3 is 10.3 Å². The molecule has 0 fully saturated rings. The predicted octanol–water partition coefficient (Wildman–Crippen LogP) is 5.80. The molecule has 2 N–H and O–H groups in total. The van der Waals surface area contributed by atoms with Crippen LogP contribution >= 0.6 is 0 Å². The number of amidine groups is 1. The molecule has 0 aliphatic carbocycles. The summed E-state index contributed by atoms with van der Waals surface area (Å²) < 4.78 is 0. The largest absolute Gasteiger partial charge is 0.368 e. The molecule has 1 aliphatic rings. The monoisotopic (exact) mass is 375 g/mol. The Morgan fingerprint density at radius 3 is 2.07 bits per heavy atom. The number of aromatic amines is 1. The molecule has 0 amide bonds. The number of benzene rings is 2. The predicted molar refractivity (Wildman–Crippen MR) is 122 cm³/mol. The Kier molecular flexibility index (Phi) is 5.64. The van der Waals surface area contributed by atoms with Crippen LogP contribution in [0.5, 0.6) is 0 Å². The summed E-state index contributed by atoms with van der Waals surface area (Å²) in [7, 11) is 0. The Hall–Kier alpha value is -2.55. The van der Waals surface area contributed by atoms with Gasteiger partial charge in [0.1, 0.15) is 5.84 Å². The molecule has 0 bridgehead atoms. The molecule has 0 radical (unpaired) electrons. The summed E-state index contributed by atoms with van der Waals surface area (Å²) in [6.07, 6.45) is 0.